The summed E-state index contributed by atoms with van der Waals surface area (Å²) in [6.07, 6.45) is 2.06. The van der Waals surface area contributed by atoms with Gasteiger partial charge in [0.05, 0.1) is 5.56 Å². The number of hydrogen-bond acceptors (Lipinski definition) is 2. The van der Waals surface area contributed by atoms with Crippen molar-refractivity contribution in [2.75, 3.05) is 0 Å². The molecule has 0 aromatic heterocycles. The molecule has 2 rings (SSSR count). The van der Waals surface area contributed by atoms with Crippen LogP contribution in [0.4, 0.5) is 0 Å². The van der Waals surface area contributed by atoms with E-state index < -0.39 is 0 Å². The fraction of sp³-hybridized carbons (Fsp3) is 0.417. The minimum Gasteiger partial charge on any atom is -0.507 e. The summed E-state index contributed by atoms with van der Waals surface area (Å²) in [5, 5.41) is 12.5. The predicted molar refractivity (Wildman–Crippen MR) is 65.5 cm³/mol. The molecule has 3 nitrogen and oxygen atoms in total. The standard InChI is InChI=1S/C12H14BrNO2/c1-7-4-9(5-7)14-12(16)10-6-8(13)2-3-11(10)15/h2-3,6-7,9,15H,4-5H2,1H3,(H,14,16). The van der Waals surface area contributed by atoms with Gasteiger partial charge in [0.2, 0.25) is 0 Å². The molecule has 0 aliphatic heterocycles. The van der Waals surface area contributed by atoms with Gasteiger partial charge in [-0.1, -0.05) is 22.9 Å². The largest absolute Gasteiger partial charge is 0.507 e. The van der Waals surface area contributed by atoms with E-state index in [9.17, 15) is 9.90 Å². The third-order valence-corrected chi connectivity index (χ3v) is 3.41. The first-order chi connectivity index (χ1) is 7.56. The van der Waals surface area contributed by atoms with Crippen molar-refractivity contribution in [1.29, 1.82) is 0 Å². The molecule has 0 bridgehead atoms. The zero-order valence-corrected chi connectivity index (χ0v) is 10.6. The Morgan fingerprint density at radius 3 is 2.81 bits per heavy atom. The van der Waals surface area contributed by atoms with Crippen LogP contribution in [0, 0.1) is 5.92 Å². The van der Waals surface area contributed by atoms with E-state index in [1.165, 1.54) is 6.07 Å². The summed E-state index contributed by atoms with van der Waals surface area (Å²) >= 11 is 3.28. The Kier molecular flexibility index (Phi) is 3.19. The molecule has 2 N–H and O–H groups in total. The van der Waals surface area contributed by atoms with Crippen LogP contribution in [-0.2, 0) is 0 Å². The number of phenolic OH excluding ortho intramolecular Hbond substituents is 1. The van der Waals surface area contributed by atoms with Gasteiger partial charge in [-0.2, -0.15) is 0 Å². The van der Waals surface area contributed by atoms with Crippen LogP contribution >= 0.6 is 15.9 Å². The molecule has 0 heterocycles. The van der Waals surface area contributed by atoms with Crippen LogP contribution in [-0.4, -0.2) is 17.1 Å². The van der Waals surface area contributed by atoms with Crippen LogP contribution in [0.5, 0.6) is 5.75 Å². The first-order valence-corrected chi connectivity index (χ1v) is 6.15. The van der Waals surface area contributed by atoms with Crippen molar-refractivity contribution in [3.63, 3.8) is 0 Å². The number of nitrogens with one attached hydrogen (secondary N) is 1. The topological polar surface area (TPSA) is 49.3 Å². The summed E-state index contributed by atoms with van der Waals surface area (Å²) in [6.45, 7) is 2.17. The van der Waals surface area contributed by atoms with Gasteiger partial charge in [-0.25, -0.2) is 0 Å². The molecule has 0 spiro atoms. The molecule has 1 aliphatic carbocycles. The van der Waals surface area contributed by atoms with Gasteiger partial charge in [-0.05, 0) is 37.0 Å². The summed E-state index contributed by atoms with van der Waals surface area (Å²) in [7, 11) is 0. The van der Waals surface area contributed by atoms with Gasteiger partial charge in [0, 0.05) is 10.5 Å². The van der Waals surface area contributed by atoms with Gasteiger partial charge >= 0.3 is 0 Å². The molecular formula is C12H14BrNO2. The maximum atomic E-state index is 11.8. The number of phenols is 1. The molecule has 1 saturated carbocycles. The van der Waals surface area contributed by atoms with Crippen molar-refractivity contribution in [3.05, 3.63) is 28.2 Å². The van der Waals surface area contributed by atoms with Gasteiger partial charge < -0.3 is 10.4 Å². The SMILES string of the molecule is CC1CC(NC(=O)c2cc(Br)ccc2O)C1. The van der Waals surface area contributed by atoms with Gasteiger partial charge in [0.25, 0.3) is 5.91 Å². The Morgan fingerprint density at radius 1 is 1.50 bits per heavy atom. The van der Waals surface area contributed by atoms with Gasteiger partial charge in [0.1, 0.15) is 5.75 Å². The van der Waals surface area contributed by atoms with E-state index in [1.807, 2.05) is 0 Å². The quantitative estimate of drug-likeness (QED) is 0.877. The molecule has 16 heavy (non-hydrogen) atoms. The molecular weight excluding hydrogens is 270 g/mol. The monoisotopic (exact) mass is 283 g/mol. The van der Waals surface area contributed by atoms with Crippen LogP contribution < -0.4 is 5.32 Å². The zero-order valence-electron chi connectivity index (χ0n) is 9.03. The second-order valence-corrected chi connectivity index (χ2v) is 5.32. The van der Waals surface area contributed by atoms with Crippen LogP contribution in [0.25, 0.3) is 0 Å². The van der Waals surface area contributed by atoms with E-state index in [0.29, 0.717) is 11.5 Å². The Morgan fingerprint density at radius 2 is 2.19 bits per heavy atom. The van der Waals surface area contributed by atoms with E-state index >= 15 is 0 Å². The zero-order chi connectivity index (χ0) is 11.7. The first-order valence-electron chi connectivity index (χ1n) is 5.35. The molecule has 0 unspecified atom stereocenters. The van der Waals surface area contributed by atoms with Crippen molar-refractivity contribution in [3.8, 4) is 5.75 Å². The van der Waals surface area contributed by atoms with Crippen LogP contribution in [0.3, 0.4) is 0 Å². The fourth-order valence-electron chi connectivity index (χ4n) is 1.97. The van der Waals surface area contributed by atoms with E-state index in [4.69, 9.17) is 0 Å². The summed E-state index contributed by atoms with van der Waals surface area (Å²) in [5.41, 5.74) is 0.328. The molecule has 0 atom stereocenters. The Bertz CT molecular complexity index is 413. The number of carbonyl (C=O) groups is 1. The molecule has 86 valence electrons. The summed E-state index contributed by atoms with van der Waals surface area (Å²) in [5.74, 6) is 0.519. The normalized spacial score (nSPS) is 23.6. The molecule has 0 radical (unpaired) electrons. The molecule has 0 saturated heterocycles. The highest BCUT2D eigenvalue weighted by molar-refractivity contribution is 9.10. The lowest BCUT2D eigenvalue weighted by Gasteiger charge is -2.33. The Balaban J connectivity index is 2.05. The van der Waals surface area contributed by atoms with E-state index in [1.54, 1.807) is 12.1 Å². The van der Waals surface area contributed by atoms with Crippen molar-refractivity contribution >= 4 is 21.8 Å². The maximum absolute atomic E-state index is 11.8. The summed E-state index contributed by atoms with van der Waals surface area (Å²) in [6, 6.07) is 5.12. The number of hydrogen-bond donors (Lipinski definition) is 2. The number of carbonyl (C=O) groups excluding carboxylic acids is 1. The lowest BCUT2D eigenvalue weighted by Crippen LogP contribution is -2.43. The van der Waals surface area contributed by atoms with E-state index in [2.05, 4.69) is 28.2 Å². The van der Waals surface area contributed by atoms with Gasteiger partial charge in [0.15, 0.2) is 0 Å². The average molecular weight is 284 g/mol. The fourth-order valence-corrected chi connectivity index (χ4v) is 2.33. The number of amides is 1. The second-order valence-electron chi connectivity index (χ2n) is 4.41. The minimum atomic E-state index is -0.198. The van der Waals surface area contributed by atoms with Crippen molar-refractivity contribution < 1.29 is 9.90 Å². The Labute approximate surface area is 103 Å². The Hall–Kier alpha value is -1.03. The number of halogens is 1. The lowest BCUT2D eigenvalue weighted by atomic mass is 9.82. The highest BCUT2D eigenvalue weighted by atomic mass is 79.9. The van der Waals surface area contributed by atoms with Crippen molar-refractivity contribution in [2.24, 2.45) is 5.92 Å². The molecule has 4 heteroatoms. The van der Waals surface area contributed by atoms with E-state index in [0.717, 1.165) is 17.3 Å². The van der Waals surface area contributed by atoms with Crippen LogP contribution in [0.15, 0.2) is 22.7 Å². The molecule has 1 aromatic carbocycles. The van der Waals surface area contributed by atoms with Gasteiger partial charge in [-0.15, -0.1) is 0 Å². The molecule has 1 fully saturated rings. The third kappa shape index (κ3) is 2.38. The molecule has 1 amide bonds. The third-order valence-electron chi connectivity index (χ3n) is 2.91. The smallest absolute Gasteiger partial charge is 0.255 e. The first kappa shape index (κ1) is 11.5. The highest BCUT2D eigenvalue weighted by Crippen LogP contribution is 2.27. The second kappa shape index (κ2) is 4.45. The minimum absolute atomic E-state index is 0.0214. The van der Waals surface area contributed by atoms with E-state index in [-0.39, 0.29) is 17.7 Å². The molecule has 1 aliphatic rings. The average Bonchev–Trinajstić information content (AvgIpc) is 2.19. The van der Waals surface area contributed by atoms with Crippen molar-refractivity contribution in [1.82, 2.24) is 5.32 Å². The molecule has 1 aromatic rings. The predicted octanol–water partition coefficient (Wildman–Crippen LogP) is 2.68. The maximum Gasteiger partial charge on any atom is 0.255 e. The highest BCUT2D eigenvalue weighted by Gasteiger charge is 2.27. The van der Waals surface area contributed by atoms with Crippen LogP contribution in [0.2, 0.25) is 0 Å². The number of aromatic hydroxyl groups is 1. The van der Waals surface area contributed by atoms with Crippen LogP contribution in [0.1, 0.15) is 30.1 Å². The van der Waals surface area contributed by atoms with Crippen molar-refractivity contribution in [2.45, 2.75) is 25.8 Å². The lowest BCUT2D eigenvalue weighted by molar-refractivity contribution is 0.0893. The van der Waals surface area contributed by atoms with Gasteiger partial charge in [-0.3, -0.25) is 4.79 Å². The summed E-state index contributed by atoms with van der Waals surface area (Å²) < 4.78 is 0.789. The number of benzene rings is 1. The summed E-state index contributed by atoms with van der Waals surface area (Å²) in [4.78, 5) is 11.8. The number of rotatable bonds is 2.